The van der Waals surface area contributed by atoms with E-state index >= 15 is 0 Å². The van der Waals surface area contributed by atoms with E-state index in [1.807, 2.05) is 6.07 Å². The van der Waals surface area contributed by atoms with Gasteiger partial charge >= 0.3 is 0 Å². The van der Waals surface area contributed by atoms with Gasteiger partial charge in [0.2, 0.25) is 0 Å². The number of hydrogen-bond acceptors (Lipinski definition) is 5. The van der Waals surface area contributed by atoms with Gasteiger partial charge in [-0.1, -0.05) is 0 Å². The second-order valence-corrected chi connectivity index (χ2v) is 2.92. The smallest absolute Gasteiger partial charge is 0.162 e. The molecule has 5 heteroatoms. The van der Waals surface area contributed by atoms with Crippen LogP contribution in [0.4, 0.5) is 0 Å². The molecule has 1 aromatic carbocycles. The van der Waals surface area contributed by atoms with Crippen molar-refractivity contribution in [2.75, 3.05) is 13.7 Å². The molecule has 0 aromatic heterocycles. The topological polar surface area (TPSA) is 88.5 Å². The first-order chi connectivity index (χ1) is 7.22. The second-order valence-electron chi connectivity index (χ2n) is 2.92. The van der Waals surface area contributed by atoms with Gasteiger partial charge in [-0.05, 0) is 6.07 Å². The van der Waals surface area contributed by atoms with Crippen LogP contribution in [0.3, 0.4) is 0 Å². The summed E-state index contributed by atoms with van der Waals surface area (Å²) in [7, 11) is 1.43. The fourth-order valence-corrected chi connectivity index (χ4v) is 1.25. The van der Waals surface area contributed by atoms with Gasteiger partial charge in [0.15, 0.2) is 11.5 Å². The molecular weight excluding hydrogens is 196 g/mol. The molecule has 0 heterocycles. The number of phenols is 1. The van der Waals surface area contributed by atoms with Gasteiger partial charge in [0, 0.05) is 18.1 Å². The van der Waals surface area contributed by atoms with Crippen molar-refractivity contribution in [1.82, 2.24) is 0 Å². The van der Waals surface area contributed by atoms with Gasteiger partial charge in [-0.25, -0.2) is 5.90 Å². The molecule has 15 heavy (non-hydrogen) atoms. The molecule has 80 valence electrons. The highest BCUT2D eigenvalue weighted by Crippen LogP contribution is 2.31. The predicted molar refractivity (Wildman–Crippen MR) is 53.2 cm³/mol. The third kappa shape index (κ3) is 2.59. The highest BCUT2D eigenvalue weighted by molar-refractivity contribution is 5.51. The fourth-order valence-electron chi connectivity index (χ4n) is 1.25. The Balaban J connectivity index is 3.08. The van der Waals surface area contributed by atoms with E-state index in [0.717, 1.165) is 0 Å². The highest BCUT2D eigenvalue weighted by atomic mass is 16.6. The lowest BCUT2D eigenvalue weighted by Gasteiger charge is -2.09. The van der Waals surface area contributed by atoms with Gasteiger partial charge in [0.05, 0.1) is 25.3 Å². The van der Waals surface area contributed by atoms with E-state index in [1.54, 1.807) is 6.07 Å². The Morgan fingerprint density at radius 2 is 2.27 bits per heavy atom. The largest absolute Gasteiger partial charge is 0.504 e. The van der Waals surface area contributed by atoms with E-state index < -0.39 is 0 Å². The van der Waals surface area contributed by atoms with Crippen LogP contribution < -0.4 is 10.6 Å². The van der Waals surface area contributed by atoms with Crippen molar-refractivity contribution in [1.29, 1.82) is 5.26 Å². The van der Waals surface area contributed by atoms with Crippen LogP contribution >= 0.6 is 0 Å². The molecule has 0 radical (unpaired) electrons. The molecule has 0 amide bonds. The van der Waals surface area contributed by atoms with Crippen LogP contribution in [0.25, 0.3) is 0 Å². The van der Waals surface area contributed by atoms with E-state index in [0.29, 0.717) is 17.5 Å². The van der Waals surface area contributed by atoms with Gasteiger partial charge in [0.1, 0.15) is 0 Å². The van der Waals surface area contributed by atoms with Crippen LogP contribution in [-0.2, 0) is 11.3 Å². The molecule has 5 nitrogen and oxygen atoms in total. The lowest BCUT2D eigenvalue weighted by atomic mass is 10.1. The molecule has 0 saturated heterocycles. The maximum atomic E-state index is 9.70. The minimum absolute atomic E-state index is 0.0218. The Morgan fingerprint density at radius 1 is 1.53 bits per heavy atom. The van der Waals surface area contributed by atoms with Gasteiger partial charge in [-0.2, -0.15) is 5.26 Å². The number of aromatic hydroxyl groups is 1. The molecule has 0 aliphatic rings. The summed E-state index contributed by atoms with van der Waals surface area (Å²) in [6.45, 7) is 0.269. The summed E-state index contributed by atoms with van der Waals surface area (Å²) in [6, 6.07) is 5.04. The first kappa shape index (κ1) is 11.3. The highest BCUT2D eigenvalue weighted by Gasteiger charge is 2.10. The van der Waals surface area contributed by atoms with Gasteiger partial charge < -0.3 is 14.7 Å². The van der Waals surface area contributed by atoms with Crippen LogP contribution in [0.15, 0.2) is 12.1 Å². The molecule has 0 aliphatic heterocycles. The first-order valence-corrected chi connectivity index (χ1v) is 4.34. The molecule has 3 N–H and O–H groups in total. The second kappa shape index (κ2) is 5.20. The number of nitrogens with zero attached hydrogens (tertiary/aromatic N) is 1. The van der Waals surface area contributed by atoms with Gasteiger partial charge in [-0.3, -0.25) is 0 Å². The van der Waals surface area contributed by atoms with Crippen LogP contribution in [0.5, 0.6) is 11.5 Å². The number of rotatable bonds is 4. The molecule has 0 bridgehead atoms. The predicted octanol–water partition coefficient (Wildman–Crippen LogP) is 0.705. The van der Waals surface area contributed by atoms with E-state index in [9.17, 15) is 5.11 Å². The zero-order valence-corrected chi connectivity index (χ0v) is 8.36. The van der Waals surface area contributed by atoms with Crippen molar-refractivity contribution in [3.63, 3.8) is 0 Å². The number of benzene rings is 1. The maximum absolute atomic E-state index is 9.70. The van der Waals surface area contributed by atoms with Crippen molar-refractivity contribution in [2.24, 2.45) is 5.90 Å². The summed E-state index contributed by atoms with van der Waals surface area (Å²) in [4.78, 5) is 4.41. The summed E-state index contributed by atoms with van der Waals surface area (Å²) < 4.78 is 4.93. The van der Waals surface area contributed by atoms with E-state index in [1.165, 1.54) is 13.2 Å². The Labute approximate surface area is 87.6 Å². The number of ether oxygens (including phenoxy) is 1. The average Bonchev–Trinajstić information content (AvgIpc) is 2.27. The number of nitriles is 1. The van der Waals surface area contributed by atoms with Crippen LogP contribution in [-0.4, -0.2) is 18.8 Å². The van der Waals surface area contributed by atoms with Crippen LogP contribution in [0.2, 0.25) is 0 Å². The standard InChI is InChI=1S/C10H12N2O3/c1-14-9-5-7(6-11)4-8(10(9)13)2-3-15-12/h4-5,13H,2-3,12H2,1H3. The lowest BCUT2D eigenvalue weighted by molar-refractivity contribution is 0.140. The van der Waals surface area contributed by atoms with Crippen molar-refractivity contribution < 1.29 is 14.7 Å². The molecular formula is C10H12N2O3. The monoisotopic (exact) mass is 208 g/mol. The quantitative estimate of drug-likeness (QED) is 0.711. The molecule has 1 aromatic rings. The first-order valence-electron chi connectivity index (χ1n) is 4.34. The summed E-state index contributed by atoms with van der Waals surface area (Å²) in [5, 5.41) is 18.5. The normalized spacial score (nSPS) is 9.67. The molecule has 0 unspecified atom stereocenters. The molecule has 0 fully saturated rings. The molecule has 0 aliphatic carbocycles. The fraction of sp³-hybridized carbons (Fsp3) is 0.300. The number of phenolic OH excluding ortho intramolecular Hbond substituents is 1. The van der Waals surface area contributed by atoms with Gasteiger partial charge in [-0.15, -0.1) is 0 Å². The zero-order valence-electron chi connectivity index (χ0n) is 8.36. The molecule has 1 rings (SSSR count). The van der Waals surface area contributed by atoms with E-state index in [-0.39, 0.29) is 18.1 Å². The average molecular weight is 208 g/mol. The van der Waals surface area contributed by atoms with Crippen molar-refractivity contribution in [2.45, 2.75) is 6.42 Å². The van der Waals surface area contributed by atoms with Crippen LogP contribution in [0.1, 0.15) is 11.1 Å². The number of nitrogens with two attached hydrogens (primary N) is 1. The third-order valence-electron chi connectivity index (χ3n) is 1.99. The van der Waals surface area contributed by atoms with Crippen molar-refractivity contribution in [3.8, 4) is 17.6 Å². The Morgan fingerprint density at radius 3 is 2.80 bits per heavy atom. The molecule has 0 spiro atoms. The van der Waals surface area contributed by atoms with Crippen LogP contribution in [0, 0.1) is 11.3 Å². The van der Waals surface area contributed by atoms with Gasteiger partial charge in [0.25, 0.3) is 0 Å². The number of methoxy groups -OCH3 is 1. The van der Waals surface area contributed by atoms with E-state index in [4.69, 9.17) is 15.9 Å². The summed E-state index contributed by atoms with van der Waals surface area (Å²) in [6.07, 6.45) is 0.425. The number of hydrogen-bond donors (Lipinski definition) is 2. The Kier molecular flexibility index (Phi) is 3.92. The molecule has 0 saturated carbocycles. The lowest BCUT2D eigenvalue weighted by Crippen LogP contribution is -2.04. The van der Waals surface area contributed by atoms with E-state index in [2.05, 4.69) is 4.84 Å². The SMILES string of the molecule is COc1cc(C#N)cc(CCON)c1O. The Bertz CT molecular complexity index is 385. The maximum Gasteiger partial charge on any atom is 0.162 e. The van der Waals surface area contributed by atoms with Crippen molar-refractivity contribution >= 4 is 0 Å². The zero-order chi connectivity index (χ0) is 11.3. The minimum atomic E-state index is 0.0218. The Hall–Kier alpha value is -1.77. The summed E-state index contributed by atoms with van der Waals surface area (Å²) >= 11 is 0. The third-order valence-corrected chi connectivity index (χ3v) is 1.99. The summed E-state index contributed by atoms with van der Waals surface area (Å²) in [5.74, 6) is 5.19. The van der Waals surface area contributed by atoms with Crippen molar-refractivity contribution in [3.05, 3.63) is 23.3 Å². The minimum Gasteiger partial charge on any atom is -0.504 e. The molecule has 0 atom stereocenters. The summed E-state index contributed by atoms with van der Waals surface area (Å²) in [5.41, 5.74) is 1.01.